The number of nitrogens with one attached hydrogen (secondary N) is 1. The van der Waals surface area contributed by atoms with Gasteiger partial charge in [0.15, 0.2) is 0 Å². The van der Waals surface area contributed by atoms with Crippen LogP contribution in [-0.2, 0) is 11.3 Å². The van der Waals surface area contributed by atoms with Gasteiger partial charge < -0.3 is 10.1 Å². The Morgan fingerprint density at radius 1 is 1.40 bits per heavy atom. The Morgan fingerprint density at radius 2 is 2.30 bits per heavy atom. The second-order valence-corrected chi connectivity index (χ2v) is 6.31. The topological polar surface area (TPSA) is 41.6 Å². The highest BCUT2D eigenvalue weighted by molar-refractivity contribution is 9.10. The molecule has 0 saturated carbocycles. The van der Waals surface area contributed by atoms with Crippen LogP contribution < -0.4 is 10.2 Å². The Bertz CT molecular complexity index is 629. The number of rotatable bonds is 4. The molecular weight excluding hydrogens is 340 g/mol. The molecule has 6 heteroatoms. The normalized spacial score (nSPS) is 14.4. The number of nitrogens with zero attached hydrogens (tertiary/aromatic N) is 1. The highest BCUT2D eigenvalue weighted by Crippen LogP contribution is 2.24. The summed E-state index contributed by atoms with van der Waals surface area (Å²) < 4.78 is 6.06. The first-order valence-electron chi connectivity index (χ1n) is 6.23. The van der Waals surface area contributed by atoms with Crippen LogP contribution in [0.4, 0.5) is 16.2 Å². The van der Waals surface area contributed by atoms with Crippen molar-refractivity contribution in [2.75, 3.05) is 23.4 Å². The van der Waals surface area contributed by atoms with Gasteiger partial charge in [-0.25, -0.2) is 4.79 Å². The van der Waals surface area contributed by atoms with Crippen molar-refractivity contribution < 1.29 is 9.53 Å². The molecular formula is C14H13BrN2O2S. The highest BCUT2D eigenvalue weighted by Gasteiger charge is 2.23. The predicted molar refractivity (Wildman–Crippen MR) is 84.5 cm³/mol. The zero-order valence-electron chi connectivity index (χ0n) is 10.6. The number of halogens is 1. The number of hydrogen-bond donors (Lipinski definition) is 1. The Labute approximate surface area is 129 Å². The van der Waals surface area contributed by atoms with E-state index in [9.17, 15) is 4.79 Å². The number of benzene rings is 1. The molecule has 4 nitrogen and oxygen atoms in total. The minimum Gasteiger partial charge on any atom is -0.447 e. The van der Waals surface area contributed by atoms with E-state index in [2.05, 4.69) is 32.7 Å². The van der Waals surface area contributed by atoms with Gasteiger partial charge in [0.25, 0.3) is 0 Å². The third-order valence-corrected chi connectivity index (χ3v) is 4.70. The Hall–Kier alpha value is -1.53. The molecule has 20 heavy (non-hydrogen) atoms. The zero-order valence-corrected chi connectivity index (χ0v) is 13.0. The standard InChI is InChI=1S/C14H13BrN2O2S/c15-10-6-13(20-9-10)8-16-11-2-1-3-12(7-11)17-4-5-19-14(17)18/h1-3,6-7,9,16H,4-5,8H2. The molecule has 0 atom stereocenters. The minimum atomic E-state index is -0.274. The van der Waals surface area contributed by atoms with Gasteiger partial charge in [-0.3, -0.25) is 4.90 Å². The zero-order chi connectivity index (χ0) is 13.9. The molecule has 1 fully saturated rings. The number of carbonyl (C=O) groups is 1. The van der Waals surface area contributed by atoms with Gasteiger partial charge in [-0.1, -0.05) is 6.07 Å². The van der Waals surface area contributed by atoms with Gasteiger partial charge in [0.05, 0.1) is 6.54 Å². The maximum Gasteiger partial charge on any atom is 0.414 e. The van der Waals surface area contributed by atoms with E-state index in [0.29, 0.717) is 13.2 Å². The molecule has 0 aliphatic carbocycles. The molecule has 1 saturated heterocycles. The van der Waals surface area contributed by atoms with Gasteiger partial charge in [0.2, 0.25) is 0 Å². The Morgan fingerprint density at radius 3 is 3.00 bits per heavy atom. The summed E-state index contributed by atoms with van der Waals surface area (Å²) in [6, 6.07) is 9.91. The Kier molecular flexibility index (Phi) is 3.93. The van der Waals surface area contributed by atoms with Gasteiger partial charge in [0.1, 0.15) is 6.61 Å². The van der Waals surface area contributed by atoms with Crippen molar-refractivity contribution in [3.63, 3.8) is 0 Å². The fourth-order valence-corrected chi connectivity index (χ4v) is 3.44. The van der Waals surface area contributed by atoms with Crippen LogP contribution in [-0.4, -0.2) is 19.2 Å². The maximum absolute atomic E-state index is 11.5. The van der Waals surface area contributed by atoms with Gasteiger partial charge in [0, 0.05) is 32.6 Å². The van der Waals surface area contributed by atoms with Crippen LogP contribution in [0, 0.1) is 0 Å². The lowest BCUT2D eigenvalue weighted by Gasteiger charge is -2.14. The average molecular weight is 353 g/mol. The number of hydrogen-bond acceptors (Lipinski definition) is 4. The van der Waals surface area contributed by atoms with Crippen molar-refractivity contribution in [1.82, 2.24) is 0 Å². The first-order chi connectivity index (χ1) is 9.72. The van der Waals surface area contributed by atoms with Crippen molar-refractivity contribution in [2.24, 2.45) is 0 Å². The second-order valence-electron chi connectivity index (χ2n) is 4.40. The number of ether oxygens (including phenoxy) is 1. The van der Waals surface area contributed by atoms with Gasteiger partial charge >= 0.3 is 6.09 Å². The van der Waals surface area contributed by atoms with Crippen molar-refractivity contribution >= 4 is 44.7 Å². The molecule has 0 radical (unpaired) electrons. The molecule has 1 aliphatic heterocycles. The maximum atomic E-state index is 11.5. The lowest BCUT2D eigenvalue weighted by molar-refractivity contribution is 0.181. The van der Waals surface area contributed by atoms with Crippen LogP contribution in [0.3, 0.4) is 0 Å². The van der Waals surface area contributed by atoms with Gasteiger partial charge in [-0.2, -0.15) is 0 Å². The third-order valence-electron chi connectivity index (χ3n) is 3.01. The van der Waals surface area contributed by atoms with Gasteiger partial charge in [-0.05, 0) is 40.2 Å². The minimum absolute atomic E-state index is 0.274. The summed E-state index contributed by atoms with van der Waals surface area (Å²) >= 11 is 5.15. The van der Waals surface area contributed by atoms with E-state index < -0.39 is 0 Å². The van der Waals surface area contributed by atoms with Crippen LogP contribution in [0.25, 0.3) is 0 Å². The third kappa shape index (κ3) is 2.96. The molecule has 3 rings (SSSR count). The number of anilines is 2. The summed E-state index contributed by atoms with van der Waals surface area (Å²) in [5.41, 5.74) is 1.86. The quantitative estimate of drug-likeness (QED) is 0.901. The monoisotopic (exact) mass is 352 g/mol. The second kappa shape index (κ2) is 5.85. The molecule has 0 unspecified atom stereocenters. The summed E-state index contributed by atoms with van der Waals surface area (Å²) in [5, 5.41) is 5.43. The molecule has 0 spiro atoms. The number of amides is 1. The highest BCUT2D eigenvalue weighted by atomic mass is 79.9. The van der Waals surface area contributed by atoms with Crippen molar-refractivity contribution in [3.05, 3.63) is 45.1 Å². The van der Waals surface area contributed by atoms with E-state index in [-0.39, 0.29) is 6.09 Å². The van der Waals surface area contributed by atoms with Crippen molar-refractivity contribution in [1.29, 1.82) is 0 Å². The summed E-state index contributed by atoms with van der Waals surface area (Å²) in [7, 11) is 0. The SMILES string of the molecule is O=C1OCCN1c1cccc(NCc2cc(Br)cs2)c1. The fourth-order valence-electron chi connectivity index (χ4n) is 2.05. The predicted octanol–water partition coefficient (Wildman–Crippen LogP) is 4.08. The summed E-state index contributed by atoms with van der Waals surface area (Å²) in [6.07, 6.45) is -0.274. The lowest BCUT2D eigenvalue weighted by Crippen LogP contribution is -2.23. The smallest absolute Gasteiger partial charge is 0.414 e. The number of carbonyl (C=O) groups excluding carboxylic acids is 1. The van der Waals surface area contributed by atoms with Crippen LogP contribution in [0.1, 0.15) is 4.88 Å². The van der Waals surface area contributed by atoms with Crippen molar-refractivity contribution in [3.8, 4) is 0 Å². The Balaban J connectivity index is 1.69. The van der Waals surface area contributed by atoms with Crippen molar-refractivity contribution in [2.45, 2.75) is 6.54 Å². The fraction of sp³-hybridized carbons (Fsp3) is 0.214. The van der Waals surface area contributed by atoms with Crippen LogP contribution in [0.2, 0.25) is 0 Å². The molecule has 2 heterocycles. The van der Waals surface area contributed by atoms with E-state index in [1.54, 1.807) is 16.2 Å². The average Bonchev–Trinajstić information content (AvgIpc) is 3.05. The van der Waals surface area contributed by atoms with E-state index in [1.165, 1.54) is 4.88 Å². The van der Waals surface area contributed by atoms with Crippen LogP contribution >= 0.6 is 27.3 Å². The van der Waals surface area contributed by atoms with E-state index in [0.717, 1.165) is 22.4 Å². The lowest BCUT2D eigenvalue weighted by atomic mass is 10.2. The molecule has 1 aromatic heterocycles. The molecule has 1 N–H and O–H groups in total. The number of cyclic esters (lactones) is 1. The van der Waals surface area contributed by atoms with Crippen LogP contribution in [0.5, 0.6) is 0 Å². The molecule has 1 aliphatic rings. The first-order valence-corrected chi connectivity index (χ1v) is 7.91. The molecule has 2 aromatic rings. The summed E-state index contributed by atoms with van der Waals surface area (Å²) in [5.74, 6) is 0. The van der Waals surface area contributed by atoms with Gasteiger partial charge in [-0.15, -0.1) is 11.3 Å². The van der Waals surface area contributed by atoms with E-state index >= 15 is 0 Å². The first kappa shape index (κ1) is 13.5. The molecule has 0 bridgehead atoms. The molecule has 1 amide bonds. The molecule has 104 valence electrons. The summed E-state index contributed by atoms with van der Waals surface area (Å²) in [4.78, 5) is 14.4. The van der Waals surface area contributed by atoms with E-state index in [1.807, 2.05) is 24.3 Å². The number of thiophene rings is 1. The summed E-state index contributed by atoms with van der Waals surface area (Å²) in [6.45, 7) is 1.84. The van der Waals surface area contributed by atoms with Crippen LogP contribution in [0.15, 0.2) is 40.2 Å². The molecule has 1 aromatic carbocycles. The van der Waals surface area contributed by atoms with E-state index in [4.69, 9.17) is 4.74 Å². The largest absolute Gasteiger partial charge is 0.447 e.